The number of hydrogen-bond donors (Lipinski definition) is 0. The first-order valence-corrected chi connectivity index (χ1v) is 5.20. The second-order valence-corrected chi connectivity index (χ2v) is 4.53. The molecule has 0 saturated heterocycles. The van der Waals surface area contributed by atoms with Crippen LogP contribution in [0.3, 0.4) is 0 Å². The number of methoxy groups -OCH3 is 1. The molecule has 1 aromatic carbocycles. The summed E-state index contributed by atoms with van der Waals surface area (Å²) in [5, 5.41) is 0. The van der Waals surface area contributed by atoms with Crippen LogP contribution >= 0.6 is 0 Å². The highest BCUT2D eigenvalue weighted by atomic mass is 19.1. The predicted molar refractivity (Wildman–Crippen MR) is 61.2 cm³/mol. The van der Waals surface area contributed by atoms with Crippen molar-refractivity contribution in [2.24, 2.45) is 0 Å². The number of carbonyl (C=O) groups is 1. The molecule has 0 N–H and O–H groups in total. The first-order chi connectivity index (χ1) is 7.35. The lowest BCUT2D eigenvalue weighted by atomic mass is 9.96. The second kappa shape index (κ2) is 4.74. The van der Waals surface area contributed by atoms with Gasteiger partial charge >= 0.3 is 0 Å². The molecule has 1 aromatic rings. The Bertz CT molecular complexity index is 397. The first-order valence-electron chi connectivity index (χ1n) is 5.20. The Kier molecular flexibility index (Phi) is 3.81. The number of Topliss-reactive ketones (excluding diaryl/α,β-unsaturated/α-hetero) is 1. The van der Waals surface area contributed by atoms with E-state index in [9.17, 15) is 9.18 Å². The summed E-state index contributed by atoms with van der Waals surface area (Å²) in [4.78, 5) is 11.9. The maximum atomic E-state index is 13.0. The third kappa shape index (κ3) is 3.14. The fourth-order valence-corrected chi connectivity index (χ4v) is 1.38. The lowest BCUT2D eigenvalue weighted by Gasteiger charge is -2.21. The van der Waals surface area contributed by atoms with Gasteiger partial charge in [-0.2, -0.15) is 0 Å². The molecule has 88 valence electrons. The van der Waals surface area contributed by atoms with Gasteiger partial charge in [-0.05, 0) is 44.5 Å². The highest BCUT2D eigenvalue weighted by Gasteiger charge is 2.22. The van der Waals surface area contributed by atoms with Gasteiger partial charge in [0.25, 0.3) is 0 Å². The fourth-order valence-electron chi connectivity index (χ4n) is 1.38. The normalized spacial score (nSPS) is 11.6. The van der Waals surface area contributed by atoms with Crippen LogP contribution in [0.4, 0.5) is 4.39 Å². The Morgan fingerprint density at radius 1 is 1.44 bits per heavy atom. The number of hydrogen-bond acceptors (Lipinski definition) is 2. The molecule has 16 heavy (non-hydrogen) atoms. The monoisotopic (exact) mass is 224 g/mol. The Morgan fingerprint density at radius 2 is 2.06 bits per heavy atom. The highest BCUT2D eigenvalue weighted by molar-refractivity contribution is 5.96. The minimum absolute atomic E-state index is 0.0325. The van der Waals surface area contributed by atoms with Crippen molar-refractivity contribution in [1.29, 1.82) is 0 Å². The zero-order valence-corrected chi connectivity index (χ0v) is 10.1. The number of ketones is 1. The minimum Gasteiger partial charge on any atom is -0.378 e. The molecule has 0 aliphatic heterocycles. The molecule has 0 aliphatic rings. The van der Waals surface area contributed by atoms with Crippen molar-refractivity contribution in [3.8, 4) is 0 Å². The van der Waals surface area contributed by atoms with Gasteiger partial charge in [-0.1, -0.05) is 0 Å². The summed E-state index contributed by atoms with van der Waals surface area (Å²) in [7, 11) is 1.57. The van der Waals surface area contributed by atoms with E-state index in [1.165, 1.54) is 12.1 Å². The van der Waals surface area contributed by atoms with Crippen LogP contribution in [0.25, 0.3) is 0 Å². The van der Waals surface area contributed by atoms with Gasteiger partial charge in [-0.3, -0.25) is 4.79 Å². The van der Waals surface area contributed by atoms with Crippen LogP contribution in [0, 0.1) is 12.7 Å². The number of ether oxygens (including phenoxy) is 1. The number of rotatable bonds is 4. The molecule has 0 fully saturated rings. The van der Waals surface area contributed by atoms with Gasteiger partial charge in [-0.15, -0.1) is 0 Å². The van der Waals surface area contributed by atoms with Crippen molar-refractivity contribution in [2.45, 2.75) is 32.8 Å². The summed E-state index contributed by atoms with van der Waals surface area (Å²) < 4.78 is 18.2. The molecule has 0 spiro atoms. The maximum Gasteiger partial charge on any atom is 0.165 e. The van der Waals surface area contributed by atoms with E-state index in [0.717, 1.165) is 0 Å². The summed E-state index contributed by atoms with van der Waals surface area (Å²) in [5.41, 5.74) is 0.532. The van der Waals surface area contributed by atoms with Crippen molar-refractivity contribution >= 4 is 5.78 Å². The molecule has 0 saturated carbocycles. The molecule has 0 heterocycles. The number of benzene rings is 1. The van der Waals surface area contributed by atoms with E-state index in [4.69, 9.17) is 4.74 Å². The molecule has 0 amide bonds. The van der Waals surface area contributed by atoms with E-state index in [2.05, 4.69) is 0 Å². The van der Waals surface area contributed by atoms with Crippen LogP contribution in [0.2, 0.25) is 0 Å². The molecular formula is C13H17FO2. The van der Waals surface area contributed by atoms with Crippen molar-refractivity contribution in [3.05, 3.63) is 35.1 Å². The summed E-state index contributed by atoms with van der Waals surface area (Å²) in [6.45, 7) is 5.34. The smallest absolute Gasteiger partial charge is 0.165 e. The summed E-state index contributed by atoms with van der Waals surface area (Å²) in [6, 6.07) is 4.40. The summed E-state index contributed by atoms with van der Waals surface area (Å²) in [5.74, 6) is -0.322. The molecule has 0 unspecified atom stereocenters. The molecule has 3 heteroatoms. The van der Waals surface area contributed by atoms with Crippen molar-refractivity contribution in [1.82, 2.24) is 0 Å². The third-order valence-electron chi connectivity index (χ3n) is 2.62. The van der Waals surface area contributed by atoms with Crippen LogP contribution in [0.15, 0.2) is 18.2 Å². The summed E-state index contributed by atoms with van der Waals surface area (Å²) in [6.07, 6.45) is 0.286. The lowest BCUT2D eigenvalue weighted by Crippen LogP contribution is -2.26. The molecule has 0 atom stereocenters. The van der Waals surface area contributed by atoms with Gasteiger partial charge in [0.2, 0.25) is 0 Å². The molecule has 0 aliphatic carbocycles. The van der Waals surface area contributed by atoms with Crippen LogP contribution in [-0.2, 0) is 4.74 Å². The van der Waals surface area contributed by atoms with Crippen LogP contribution in [0.5, 0.6) is 0 Å². The van der Waals surface area contributed by atoms with E-state index < -0.39 is 5.60 Å². The van der Waals surface area contributed by atoms with E-state index >= 15 is 0 Å². The van der Waals surface area contributed by atoms with Crippen LogP contribution < -0.4 is 0 Å². The first kappa shape index (κ1) is 12.8. The van der Waals surface area contributed by atoms with Gasteiger partial charge in [0.05, 0.1) is 5.60 Å². The number of carbonyl (C=O) groups excluding carboxylic acids is 1. The maximum absolute atomic E-state index is 13.0. The van der Waals surface area contributed by atoms with Gasteiger partial charge in [0.1, 0.15) is 5.82 Å². The molecule has 2 nitrogen and oxygen atoms in total. The second-order valence-electron chi connectivity index (χ2n) is 4.53. The highest BCUT2D eigenvalue weighted by Crippen LogP contribution is 2.18. The van der Waals surface area contributed by atoms with Crippen molar-refractivity contribution in [2.75, 3.05) is 7.11 Å². The van der Waals surface area contributed by atoms with Gasteiger partial charge in [0, 0.05) is 19.1 Å². The molecule has 0 aromatic heterocycles. The SMILES string of the molecule is COC(C)(C)CC(=O)c1ccc(F)c(C)c1. The zero-order chi connectivity index (χ0) is 12.3. The zero-order valence-electron chi connectivity index (χ0n) is 10.1. The van der Waals surface area contributed by atoms with E-state index in [1.807, 2.05) is 13.8 Å². The Morgan fingerprint density at radius 3 is 2.56 bits per heavy atom. The van der Waals surface area contributed by atoms with Gasteiger partial charge in [-0.25, -0.2) is 4.39 Å². The van der Waals surface area contributed by atoms with Crippen LogP contribution in [-0.4, -0.2) is 18.5 Å². The number of halogens is 1. The lowest BCUT2D eigenvalue weighted by molar-refractivity contribution is 0.0172. The quantitative estimate of drug-likeness (QED) is 0.734. The van der Waals surface area contributed by atoms with Crippen molar-refractivity contribution in [3.63, 3.8) is 0 Å². The Labute approximate surface area is 95.4 Å². The summed E-state index contributed by atoms with van der Waals surface area (Å²) >= 11 is 0. The van der Waals surface area contributed by atoms with Gasteiger partial charge in [0.15, 0.2) is 5.78 Å². The molecule has 1 rings (SSSR count). The topological polar surface area (TPSA) is 26.3 Å². The average molecular weight is 224 g/mol. The fraction of sp³-hybridized carbons (Fsp3) is 0.462. The average Bonchev–Trinajstić information content (AvgIpc) is 2.21. The van der Waals surface area contributed by atoms with Gasteiger partial charge < -0.3 is 4.74 Å². The van der Waals surface area contributed by atoms with E-state index in [1.54, 1.807) is 20.1 Å². The van der Waals surface area contributed by atoms with E-state index in [-0.39, 0.29) is 18.0 Å². The van der Waals surface area contributed by atoms with E-state index in [0.29, 0.717) is 11.1 Å². The van der Waals surface area contributed by atoms with Crippen molar-refractivity contribution < 1.29 is 13.9 Å². The predicted octanol–water partition coefficient (Wildman–Crippen LogP) is 3.13. The standard InChI is InChI=1S/C13H17FO2/c1-9-7-10(5-6-11(9)14)12(15)8-13(2,3)16-4/h5-7H,8H2,1-4H3. The molecular weight excluding hydrogens is 207 g/mol. The minimum atomic E-state index is -0.487. The Balaban J connectivity index is 2.85. The molecule has 0 radical (unpaired) electrons. The Hall–Kier alpha value is -1.22. The largest absolute Gasteiger partial charge is 0.378 e. The van der Waals surface area contributed by atoms with Crippen LogP contribution in [0.1, 0.15) is 36.2 Å². The number of aryl methyl sites for hydroxylation is 1. The third-order valence-corrected chi connectivity index (χ3v) is 2.62. The molecule has 0 bridgehead atoms.